The molecule has 0 saturated carbocycles. The van der Waals surface area contributed by atoms with E-state index in [-0.39, 0.29) is 5.54 Å². The molecule has 2 aromatic rings. The predicted octanol–water partition coefficient (Wildman–Crippen LogP) is 2.76. The zero-order chi connectivity index (χ0) is 11.6. The van der Waals surface area contributed by atoms with Crippen LogP contribution in [0.15, 0.2) is 29.0 Å². The van der Waals surface area contributed by atoms with Crippen LogP contribution in [0.2, 0.25) is 0 Å². The van der Waals surface area contributed by atoms with Gasteiger partial charge in [0.1, 0.15) is 5.52 Å². The Hall–Kier alpha value is -1.35. The molecule has 2 rings (SSSR count). The summed E-state index contributed by atoms with van der Waals surface area (Å²) in [4.78, 5) is 4.15. The minimum atomic E-state index is 0.179. The summed E-state index contributed by atoms with van der Waals surface area (Å²) >= 11 is 0. The van der Waals surface area contributed by atoms with Crippen LogP contribution in [0.4, 0.5) is 0 Å². The third kappa shape index (κ3) is 2.83. The number of oxazole rings is 1. The summed E-state index contributed by atoms with van der Waals surface area (Å²) in [5.74, 6) is 0. The van der Waals surface area contributed by atoms with Crippen LogP contribution in [0.5, 0.6) is 0 Å². The smallest absolute Gasteiger partial charge is 0.181 e. The molecule has 0 bridgehead atoms. The quantitative estimate of drug-likeness (QED) is 0.860. The lowest BCUT2D eigenvalue weighted by atomic mass is 10.1. The Kier molecular flexibility index (Phi) is 2.97. The van der Waals surface area contributed by atoms with Gasteiger partial charge < -0.3 is 9.73 Å². The van der Waals surface area contributed by atoms with E-state index in [4.69, 9.17) is 4.42 Å². The van der Waals surface area contributed by atoms with Gasteiger partial charge in [0.15, 0.2) is 12.0 Å². The highest BCUT2D eigenvalue weighted by Gasteiger charge is 2.08. The number of hydrogen-bond donors (Lipinski definition) is 1. The maximum absolute atomic E-state index is 5.20. The first-order chi connectivity index (χ1) is 7.54. The second-order valence-corrected chi connectivity index (χ2v) is 5.08. The van der Waals surface area contributed by atoms with Crippen molar-refractivity contribution in [3.63, 3.8) is 0 Å². The summed E-state index contributed by atoms with van der Waals surface area (Å²) < 4.78 is 5.20. The van der Waals surface area contributed by atoms with Gasteiger partial charge in [-0.3, -0.25) is 0 Å². The molecule has 1 heterocycles. The van der Waals surface area contributed by atoms with Crippen molar-refractivity contribution < 1.29 is 4.42 Å². The van der Waals surface area contributed by atoms with Crippen molar-refractivity contribution in [1.29, 1.82) is 0 Å². The molecule has 1 N–H and O–H groups in total. The minimum Gasteiger partial charge on any atom is -0.443 e. The van der Waals surface area contributed by atoms with Gasteiger partial charge in [-0.05, 0) is 51.4 Å². The highest BCUT2D eigenvalue weighted by atomic mass is 16.3. The van der Waals surface area contributed by atoms with Crippen molar-refractivity contribution in [1.82, 2.24) is 10.3 Å². The first kappa shape index (κ1) is 11.1. The Morgan fingerprint density at radius 3 is 2.88 bits per heavy atom. The van der Waals surface area contributed by atoms with E-state index in [0.717, 1.165) is 24.1 Å². The molecule has 0 fully saturated rings. The highest BCUT2D eigenvalue weighted by molar-refractivity contribution is 5.72. The van der Waals surface area contributed by atoms with E-state index in [1.807, 2.05) is 6.07 Å². The number of nitrogens with zero attached hydrogens (tertiary/aromatic N) is 1. The largest absolute Gasteiger partial charge is 0.443 e. The zero-order valence-corrected chi connectivity index (χ0v) is 10.1. The van der Waals surface area contributed by atoms with Crippen LogP contribution < -0.4 is 5.32 Å². The molecule has 1 aromatic carbocycles. The monoisotopic (exact) mass is 218 g/mol. The van der Waals surface area contributed by atoms with Crippen LogP contribution in [0.1, 0.15) is 26.3 Å². The van der Waals surface area contributed by atoms with Gasteiger partial charge in [0.2, 0.25) is 0 Å². The van der Waals surface area contributed by atoms with Crippen LogP contribution in [-0.4, -0.2) is 17.1 Å². The summed E-state index contributed by atoms with van der Waals surface area (Å²) in [7, 11) is 0. The minimum absolute atomic E-state index is 0.179. The van der Waals surface area contributed by atoms with Crippen LogP contribution in [-0.2, 0) is 6.42 Å². The molecule has 0 aliphatic rings. The van der Waals surface area contributed by atoms with Crippen molar-refractivity contribution in [2.75, 3.05) is 6.54 Å². The second-order valence-electron chi connectivity index (χ2n) is 5.08. The first-order valence-electron chi connectivity index (χ1n) is 5.62. The summed E-state index contributed by atoms with van der Waals surface area (Å²) in [5.41, 5.74) is 3.26. The molecule has 0 amide bonds. The molecule has 86 valence electrons. The summed E-state index contributed by atoms with van der Waals surface area (Å²) in [5, 5.41) is 3.47. The molecular formula is C13H18N2O. The van der Waals surface area contributed by atoms with Gasteiger partial charge in [0.25, 0.3) is 0 Å². The molecule has 16 heavy (non-hydrogen) atoms. The number of benzene rings is 1. The van der Waals surface area contributed by atoms with Crippen LogP contribution in [0, 0.1) is 0 Å². The van der Waals surface area contributed by atoms with Gasteiger partial charge in [0.05, 0.1) is 0 Å². The number of aromatic nitrogens is 1. The number of rotatable bonds is 3. The number of nitrogens with one attached hydrogen (secondary N) is 1. The van der Waals surface area contributed by atoms with E-state index in [2.05, 4.69) is 43.2 Å². The molecule has 3 nitrogen and oxygen atoms in total. The van der Waals surface area contributed by atoms with Gasteiger partial charge >= 0.3 is 0 Å². The fourth-order valence-electron chi connectivity index (χ4n) is 1.64. The van der Waals surface area contributed by atoms with E-state index < -0.39 is 0 Å². The summed E-state index contributed by atoms with van der Waals surface area (Å²) in [6.45, 7) is 7.50. The standard InChI is InChI=1S/C13H18N2O/c1-13(2,3)15-7-6-10-4-5-12-11(8-10)14-9-16-12/h4-5,8-9,15H,6-7H2,1-3H3. The SMILES string of the molecule is CC(C)(C)NCCc1ccc2ocnc2c1. The van der Waals surface area contributed by atoms with Crippen LogP contribution >= 0.6 is 0 Å². The van der Waals surface area contributed by atoms with E-state index >= 15 is 0 Å². The Balaban J connectivity index is 1.99. The lowest BCUT2D eigenvalue weighted by Crippen LogP contribution is -2.37. The van der Waals surface area contributed by atoms with Crippen molar-refractivity contribution in [2.24, 2.45) is 0 Å². The molecule has 0 atom stereocenters. The molecule has 0 radical (unpaired) electrons. The molecule has 1 aromatic heterocycles. The lowest BCUT2D eigenvalue weighted by molar-refractivity contribution is 0.429. The number of fused-ring (bicyclic) bond motifs is 1. The first-order valence-corrected chi connectivity index (χ1v) is 5.62. The van der Waals surface area contributed by atoms with Gasteiger partial charge in [-0.2, -0.15) is 0 Å². The second kappa shape index (κ2) is 4.26. The van der Waals surface area contributed by atoms with Crippen molar-refractivity contribution in [2.45, 2.75) is 32.7 Å². The number of hydrogen-bond acceptors (Lipinski definition) is 3. The molecule has 0 saturated heterocycles. The topological polar surface area (TPSA) is 38.1 Å². The maximum Gasteiger partial charge on any atom is 0.181 e. The molecule has 3 heteroatoms. The Bertz CT molecular complexity index is 468. The van der Waals surface area contributed by atoms with Crippen molar-refractivity contribution in [3.05, 3.63) is 30.2 Å². The molecule has 0 spiro atoms. The van der Waals surface area contributed by atoms with E-state index in [1.54, 1.807) is 0 Å². The van der Waals surface area contributed by atoms with Crippen molar-refractivity contribution in [3.8, 4) is 0 Å². The third-order valence-electron chi connectivity index (χ3n) is 2.46. The van der Waals surface area contributed by atoms with E-state index in [9.17, 15) is 0 Å². The van der Waals surface area contributed by atoms with E-state index in [1.165, 1.54) is 12.0 Å². The van der Waals surface area contributed by atoms with Crippen molar-refractivity contribution >= 4 is 11.1 Å². The molecule has 0 aliphatic heterocycles. The normalized spacial score (nSPS) is 12.2. The van der Waals surface area contributed by atoms with Crippen LogP contribution in [0.25, 0.3) is 11.1 Å². The van der Waals surface area contributed by atoms with Gasteiger partial charge in [-0.15, -0.1) is 0 Å². The van der Waals surface area contributed by atoms with E-state index in [0.29, 0.717) is 0 Å². The summed E-state index contributed by atoms with van der Waals surface area (Å²) in [6, 6.07) is 6.16. The Labute approximate surface area is 95.9 Å². The lowest BCUT2D eigenvalue weighted by Gasteiger charge is -2.20. The zero-order valence-electron chi connectivity index (χ0n) is 10.1. The van der Waals surface area contributed by atoms with Gasteiger partial charge in [0, 0.05) is 5.54 Å². The molecule has 0 aliphatic carbocycles. The molecular weight excluding hydrogens is 200 g/mol. The fraction of sp³-hybridized carbons (Fsp3) is 0.462. The highest BCUT2D eigenvalue weighted by Crippen LogP contribution is 2.14. The average molecular weight is 218 g/mol. The average Bonchev–Trinajstić information content (AvgIpc) is 2.62. The predicted molar refractivity (Wildman–Crippen MR) is 65.5 cm³/mol. The maximum atomic E-state index is 5.20. The fourth-order valence-corrected chi connectivity index (χ4v) is 1.64. The summed E-state index contributed by atoms with van der Waals surface area (Å²) in [6.07, 6.45) is 2.50. The third-order valence-corrected chi connectivity index (χ3v) is 2.46. The Morgan fingerprint density at radius 1 is 1.31 bits per heavy atom. The van der Waals surface area contributed by atoms with Gasteiger partial charge in [-0.1, -0.05) is 6.07 Å². The molecule has 0 unspecified atom stereocenters. The van der Waals surface area contributed by atoms with Crippen LogP contribution in [0.3, 0.4) is 0 Å². The van der Waals surface area contributed by atoms with Gasteiger partial charge in [-0.25, -0.2) is 4.98 Å². The Morgan fingerprint density at radius 2 is 2.12 bits per heavy atom.